The van der Waals surface area contributed by atoms with Gasteiger partial charge in [0.1, 0.15) is 6.07 Å². The fourth-order valence-corrected chi connectivity index (χ4v) is 1.42. The molecule has 18 heavy (non-hydrogen) atoms. The third-order valence-electron chi connectivity index (χ3n) is 1.86. The van der Waals surface area contributed by atoms with Crippen molar-refractivity contribution < 1.29 is 9.90 Å². The molecule has 7 nitrogen and oxygen atoms in total. The number of nitrogens with two attached hydrogens (primary N) is 1. The summed E-state index contributed by atoms with van der Waals surface area (Å²) in [6, 6.07) is 6.05. The standard InChI is InChI=1S/C10H8BrN5O2/c11-5-1-2-6(10(17)18)7(3-5)15-16-8(4-12)9(13)14/h1-3,15H,(H3,13,14)(H,17,18)/b16-8+. The van der Waals surface area contributed by atoms with Crippen molar-refractivity contribution in [1.29, 1.82) is 10.7 Å². The highest BCUT2D eigenvalue weighted by Crippen LogP contribution is 2.21. The van der Waals surface area contributed by atoms with E-state index in [1.165, 1.54) is 12.1 Å². The summed E-state index contributed by atoms with van der Waals surface area (Å²) in [4.78, 5) is 10.9. The van der Waals surface area contributed by atoms with Gasteiger partial charge in [-0.25, -0.2) is 4.79 Å². The minimum Gasteiger partial charge on any atom is -0.478 e. The number of carbonyl (C=O) groups is 1. The third kappa shape index (κ3) is 3.29. The molecular formula is C10H8BrN5O2. The fourth-order valence-electron chi connectivity index (χ4n) is 1.06. The van der Waals surface area contributed by atoms with Gasteiger partial charge in [-0.15, -0.1) is 0 Å². The van der Waals surface area contributed by atoms with Crippen LogP contribution >= 0.6 is 15.9 Å². The maximum Gasteiger partial charge on any atom is 0.337 e. The average Bonchev–Trinajstić information content (AvgIpc) is 2.29. The summed E-state index contributed by atoms with van der Waals surface area (Å²) in [5.41, 5.74) is 7.35. The molecule has 0 aromatic heterocycles. The molecule has 0 aliphatic heterocycles. The molecular weight excluding hydrogens is 302 g/mol. The Morgan fingerprint density at radius 2 is 2.28 bits per heavy atom. The predicted octanol–water partition coefficient (Wildman–Crippen LogP) is 1.37. The molecule has 5 N–H and O–H groups in total. The van der Waals surface area contributed by atoms with Gasteiger partial charge in [0.2, 0.25) is 5.71 Å². The highest BCUT2D eigenvalue weighted by molar-refractivity contribution is 9.10. The van der Waals surface area contributed by atoms with Crippen LogP contribution in [-0.4, -0.2) is 22.6 Å². The second-order valence-electron chi connectivity index (χ2n) is 3.09. The lowest BCUT2D eigenvalue weighted by Gasteiger charge is -2.06. The monoisotopic (exact) mass is 309 g/mol. The first kappa shape index (κ1) is 13.7. The molecule has 0 aliphatic carbocycles. The summed E-state index contributed by atoms with van der Waals surface area (Å²) in [7, 11) is 0. The first-order valence-corrected chi connectivity index (χ1v) is 5.36. The van der Waals surface area contributed by atoms with Crippen LogP contribution in [0.5, 0.6) is 0 Å². The van der Waals surface area contributed by atoms with Crippen LogP contribution in [0.2, 0.25) is 0 Å². The molecule has 0 saturated heterocycles. The van der Waals surface area contributed by atoms with Gasteiger partial charge in [0, 0.05) is 4.47 Å². The highest BCUT2D eigenvalue weighted by atomic mass is 79.9. The fraction of sp³-hybridized carbons (Fsp3) is 0. The molecule has 1 aromatic carbocycles. The molecule has 1 aromatic rings. The van der Waals surface area contributed by atoms with Crippen molar-refractivity contribution in [3.63, 3.8) is 0 Å². The summed E-state index contributed by atoms with van der Waals surface area (Å²) >= 11 is 3.19. The second-order valence-corrected chi connectivity index (χ2v) is 4.01. The molecule has 1 rings (SSSR count). The first-order valence-electron chi connectivity index (χ1n) is 4.56. The molecule has 0 saturated carbocycles. The Bertz CT molecular complexity index is 576. The Morgan fingerprint density at radius 1 is 1.61 bits per heavy atom. The van der Waals surface area contributed by atoms with E-state index in [9.17, 15) is 4.79 Å². The highest BCUT2D eigenvalue weighted by Gasteiger charge is 2.10. The number of rotatable bonds is 4. The number of hydrazone groups is 1. The zero-order chi connectivity index (χ0) is 13.7. The van der Waals surface area contributed by atoms with Crippen molar-refractivity contribution in [2.24, 2.45) is 10.8 Å². The Hall–Kier alpha value is -2.40. The molecule has 0 unspecified atom stereocenters. The maximum atomic E-state index is 10.9. The van der Waals surface area contributed by atoms with Crippen molar-refractivity contribution in [2.45, 2.75) is 0 Å². The number of benzene rings is 1. The van der Waals surface area contributed by atoms with E-state index in [1.807, 2.05) is 0 Å². The van der Waals surface area contributed by atoms with E-state index >= 15 is 0 Å². The van der Waals surface area contributed by atoms with Gasteiger partial charge in [0.15, 0.2) is 5.84 Å². The van der Waals surface area contributed by atoms with E-state index in [1.54, 1.807) is 12.1 Å². The Balaban J connectivity index is 3.11. The Labute approximate surface area is 111 Å². The zero-order valence-corrected chi connectivity index (χ0v) is 10.5. The second kappa shape index (κ2) is 5.79. The number of carboxylic acid groups (broad SMARTS) is 1. The number of hydrogen-bond donors (Lipinski definition) is 4. The largest absolute Gasteiger partial charge is 0.478 e. The molecule has 92 valence electrons. The smallest absolute Gasteiger partial charge is 0.337 e. The topological polar surface area (TPSA) is 135 Å². The quantitative estimate of drug-likeness (QED) is 0.378. The van der Waals surface area contributed by atoms with Crippen molar-refractivity contribution in [3.8, 4) is 6.07 Å². The Morgan fingerprint density at radius 3 is 2.78 bits per heavy atom. The van der Waals surface area contributed by atoms with Crippen LogP contribution in [0.1, 0.15) is 10.4 Å². The molecule has 0 radical (unpaired) electrons. The minimum atomic E-state index is -1.14. The molecule has 0 aliphatic rings. The van der Waals surface area contributed by atoms with Crippen LogP contribution in [0.3, 0.4) is 0 Å². The van der Waals surface area contributed by atoms with Crippen molar-refractivity contribution >= 4 is 39.1 Å². The number of aromatic carboxylic acids is 1. The minimum absolute atomic E-state index is 0.0113. The summed E-state index contributed by atoms with van der Waals surface area (Å²) < 4.78 is 0.645. The van der Waals surface area contributed by atoms with Gasteiger partial charge in [0.05, 0.1) is 11.3 Å². The van der Waals surface area contributed by atoms with Crippen molar-refractivity contribution in [1.82, 2.24) is 0 Å². The number of halogens is 1. The van der Waals surface area contributed by atoms with Crippen LogP contribution < -0.4 is 11.2 Å². The van der Waals surface area contributed by atoms with Gasteiger partial charge in [-0.2, -0.15) is 10.4 Å². The summed E-state index contributed by atoms with van der Waals surface area (Å²) in [5, 5.41) is 28.2. The van der Waals surface area contributed by atoms with Crippen LogP contribution in [0.25, 0.3) is 0 Å². The van der Waals surface area contributed by atoms with E-state index in [0.29, 0.717) is 4.47 Å². The Kier molecular flexibility index (Phi) is 4.39. The molecule has 0 bridgehead atoms. The summed E-state index contributed by atoms with van der Waals surface area (Å²) in [5.74, 6) is -1.64. The summed E-state index contributed by atoms with van der Waals surface area (Å²) in [6.45, 7) is 0. The SMILES string of the molecule is N#C/C(=N\Nc1cc(Br)ccc1C(=O)O)C(=N)N. The molecule has 8 heteroatoms. The van der Waals surface area contributed by atoms with Crippen molar-refractivity contribution in [2.75, 3.05) is 5.43 Å². The van der Waals surface area contributed by atoms with Crippen molar-refractivity contribution in [3.05, 3.63) is 28.2 Å². The number of carboxylic acids is 1. The number of hydrogen-bond acceptors (Lipinski definition) is 5. The van der Waals surface area contributed by atoms with Gasteiger partial charge in [-0.1, -0.05) is 15.9 Å². The molecule has 0 atom stereocenters. The summed E-state index contributed by atoms with van der Waals surface area (Å²) in [6.07, 6.45) is 0. The molecule has 0 amide bonds. The van der Waals surface area contributed by atoms with Crippen LogP contribution in [0.15, 0.2) is 27.8 Å². The lowest BCUT2D eigenvalue weighted by atomic mass is 10.2. The van der Waals surface area contributed by atoms with Crippen LogP contribution in [0, 0.1) is 16.7 Å². The number of amidine groups is 1. The predicted molar refractivity (Wildman–Crippen MR) is 69.7 cm³/mol. The first-order chi connectivity index (χ1) is 8.45. The van der Waals surface area contributed by atoms with E-state index in [-0.39, 0.29) is 17.0 Å². The molecule has 0 fully saturated rings. The maximum absolute atomic E-state index is 10.9. The molecule has 0 heterocycles. The van der Waals surface area contributed by atoms with E-state index in [0.717, 1.165) is 0 Å². The van der Waals surface area contributed by atoms with E-state index in [4.69, 9.17) is 21.5 Å². The molecule has 0 spiro atoms. The average molecular weight is 310 g/mol. The normalized spacial score (nSPS) is 10.6. The van der Waals surface area contributed by atoms with Crippen LogP contribution in [0.4, 0.5) is 5.69 Å². The van der Waals surface area contributed by atoms with E-state index in [2.05, 4.69) is 26.5 Å². The zero-order valence-electron chi connectivity index (χ0n) is 8.94. The van der Waals surface area contributed by atoms with Gasteiger partial charge in [-0.3, -0.25) is 10.8 Å². The number of nitrogens with one attached hydrogen (secondary N) is 2. The van der Waals surface area contributed by atoms with Gasteiger partial charge < -0.3 is 10.8 Å². The van der Waals surface area contributed by atoms with Gasteiger partial charge in [0.25, 0.3) is 0 Å². The lowest BCUT2D eigenvalue weighted by Crippen LogP contribution is -2.22. The van der Waals surface area contributed by atoms with E-state index < -0.39 is 11.8 Å². The number of nitrogens with zero attached hydrogens (tertiary/aromatic N) is 2. The van der Waals surface area contributed by atoms with Gasteiger partial charge >= 0.3 is 5.97 Å². The third-order valence-corrected chi connectivity index (χ3v) is 2.35. The van der Waals surface area contributed by atoms with Crippen LogP contribution in [-0.2, 0) is 0 Å². The number of nitriles is 1. The lowest BCUT2D eigenvalue weighted by molar-refractivity contribution is 0.0698. The number of anilines is 1. The van der Waals surface area contributed by atoms with Gasteiger partial charge in [-0.05, 0) is 18.2 Å².